The van der Waals surface area contributed by atoms with Crippen LogP contribution in [-0.4, -0.2) is 0 Å². The summed E-state index contributed by atoms with van der Waals surface area (Å²) in [5.41, 5.74) is 7.97. The van der Waals surface area contributed by atoms with Gasteiger partial charge in [-0.05, 0) is 31.9 Å². The number of furan rings is 1. The lowest BCUT2D eigenvalue weighted by atomic mass is 9.99. The summed E-state index contributed by atoms with van der Waals surface area (Å²) in [4.78, 5) is 3.61. The molecular formula is C22H19N2O+. The first-order valence-electron chi connectivity index (χ1n) is 8.31. The van der Waals surface area contributed by atoms with Crippen LogP contribution in [0.15, 0.2) is 47.0 Å². The van der Waals surface area contributed by atoms with E-state index < -0.39 is 0 Å². The van der Waals surface area contributed by atoms with Crippen LogP contribution in [0.2, 0.25) is 0 Å². The second-order valence-electron chi connectivity index (χ2n) is 6.64. The maximum absolute atomic E-state index is 7.41. The summed E-state index contributed by atoms with van der Waals surface area (Å²) in [6, 6.07) is 12.2. The van der Waals surface area contributed by atoms with E-state index in [2.05, 4.69) is 61.6 Å². The van der Waals surface area contributed by atoms with Crippen LogP contribution in [0.1, 0.15) is 16.7 Å². The molecular weight excluding hydrogens is 308 g/mol. The topological polar surface area (TPSA) is 21.4 Å². The summed E-state index contributed by atoms with van der Waals surface area (Å²) < 4.78 is 8.38. The Balaban J connectivity index is 2.17. The molecule has 0 N–H and O–H groups in total. The first kappa shape index (κ1) is 15.4. The number of fused-ring (bicyclic) bond motifs is 3. The van der Waals surface area contributed by atoms with Gasteiger partial charge >= 0.3 is 0 Å². The number of para-hydroxylation sites is 1. The Morgan fingerprint density at radius 1 is 0.920 bits per heavy atom. The molecule has 3 heteroatoms. The highest BCUT2D eigenvalue weighted by molar-refractivity contribution is 6.12. The SMILES string of the molecule is [C-]#[N+]c1cccc2c1oc1c(-c3cc(C)c(C)c[n+]3C)c(C)ccc12. The molecule has 0 fully saturated rings. The van der Waals surface area contributed by atoms with Crippen LogP contribution in [0, 0.1) is 27.3 Å². The largest absolute Gasteiger partial charge is 0.466 e. The number of nitrogens with zero attached hydrogens (tertiary/aromatic N) is 2. The molecule has 0 bridgehead atoms. The Kier molecular flexibility index (Phi) is 3.36. The predicted octanol–water partition coefficient (Wildman–Crippen LogP) is 5.55. The number of pyridine rings is 1. The predicted molar refractivity (Wildman–Crippen MR) is 101 cm³/mol. The van der Waals surface area contributed by atoms with Crippen molar-refractivity contribution in [2.24, 2.45) is 7.05 Å². The van der Waals surface area contributed by atoms with Gasteiger partial charge in [0.25, 0.3) is 0 Å². The fraction of sp³-hybridized carbons (Fsp3) is 0.182. The highest BCUT2D eigenvalue weighted by atomic mass is 16.3. The fourth-order valence-corrected chi connectivity index (χ4v) is 3.48. The number of hydrogen-bond donors (Lipinski definition) is 0. The summed E-state index contributed by atoms with van der Waals surface area (Å²) in [6.07, 6.45) is 2.15. The number of aromatic nitrogens is 1. The second kappa shape index (κ2) is 5.46. The molecule has 0 unspecified atom stereocenters. The van der Waals surface area contributed by atoms with Gasteiger partial charge < -0.3 is 4.42 Å². The minimum Gasteiger partial charge on any atom is -0.466 e. The van der Waals surface area contributed by atoms with E-state index >= 15 is 0 Å². The van der Waals surface area contributed by atoms with Crippen LogP contribution in [0.5, 0.6) is 0 Å². The van der Waals surface area contributed by atoms with Gasteiger partial charge in [-0.2, -0.15) is 0 Å². The van der Waals surface area contributed by atoms with Crippen LogP contribution < -0.4 is 4.57 Å². The van der Waals surface area contributed by atoms with Crippen molar-refractivity contribution in [3.8, 4) is 11.3 Å². The minimum absolute atomic E-state index is 0.557. The molecule has 4 rings (SSSR count). The molecule has 0 atom stereocenters. The van der Waals surface area contributed by atoms with Gasteiger partial charge in [-0.1, -0.05) is 30.3 Å². The van der Waals surface area contributed by atoms with Crippen molar-refractivity contribution >= 4 is 27.6 Å². The zero-order valence-electron chi connectivity index (χ0n) is 14.8. The molecule has 0 aliphatic rings. The quantitative estimate of drug-likeness (QED) is 0.331. The van der Waals surface area contributed by atoms with Gasteiger partial charge in [0, 0.05) is 22.4 Å². The van der Waals surface area contributed by atoms with E-state index in [0.717, 1.165) is 33.2 Å². The Hall–Kier alpha value is -3.12. The Morgan fingerprint density at radius 2 is 1.68 bits per heavy atom. The normalized spacial score (nSPS) is 11.2. The fourth-order valence-electron chi connectivity index (χ4n) is 3.48. The van der Waals surface area contributed by atoms with Gasteiger partial charge in [0.2, 0.25) is 11.4 Å². The van der Waals surface area contributed by atoms with Crippen LogP contribution in [-0.2, 0) is 7.05 Å². The van der Waals surface area contributed by atoms with Crippen molar-refractivity contribution in [3.05, 3.63) is 70.7 Å². The van der Waals surface area contributed by atoms with Crippen molar-refractivity contribution < 1.29 is 8.98 Å². The van der Waals surface area contributed by atoms with E-state index in [9.17, 15) is 0 Å². The standard InChI is InChI=1S/C22H19N2O/c1-13-9-10-17-16-7-6-8-18(23-4)21(16)25-22(17)20(13)19-11-14(2)15(3)12-24(19)5/h6-12H,1-3,5H3/q+1. The van der Waals surface area contributed by atoms with Crippen LogP contribution in [0.25, 0.3) is 38.0 Å². The number of hydrogen-bond acceptors (Lipinski definition) is 1. The first-order valence-corrected chi connectivity index (χ1v) is 8.31. The zero-order chi connectivity index (χ0) is 17.7. The van der Waals surface area contributed by atoms with Crippen molar-refractivity contribution in [2.45, 2.75) is 20.8 Å². The van der Waals surface area contributed by atoms with Gasteiger partial charge in [0.1, 0.15) is 18.2 Å². The average Bonchev–Trinajstić information content (AvgIpc) is 2.97. The van der Waals surface area contributed by atoms with Crippen LogP contribution in [0.4, 0.5) is 5.69 Å². The minimum atomic E-state index is 0.557. The lowest BCUT2D eigenvalue weighted by Gasteiger charge is -2.07. The molecule has 122 valence electrons. The summed E-state index contributed by atoms with van der Waals surface area (Å²) in [5.74, 6) is 0. The maximum Gasteiger partial charge on any atom is 0.229 e. The monoisotopic (exact) mass is 327 g/mol. The van der Waals surface area contributed by atoms with Crippen molar-refractivity contribution in [2.75, 3.05) is 0 Å². The molecule has 2 aromatic carbocycles. The third-order valence-electron chi connectivity index (χ3n) is 4.97. The lowest BCUT2D eigenvalue weighted by Crippen LogP contribution is -2.31. The summed E-state index contributed by atoms with van der Waals surface area (Å²) in [7, 11) is 2.06. The third-order valence-corrected chi connectivity index (χ3v) is 4.97. The lowest BCUT2D eigenvalue weighted by molar-refractivity contribution is -0.660. The molecule has 0 aliphatic heterocycles. The Labute approximate surface area is 147 Å². The molecule has 2 aromatic heterocycles. The number of benzene rings is 2. The van der Waals surface area contributed by atoms with Gasteiger partial charge in [0.15, 0.2) is 6.20 Å². The molecule has 0 radical (unpaired) electrons. The summed E-state index contributed by atoms with van der Waals surface area (Å²) in [6.45, 7) is 13.8. The smallest absolute Gasteiger partial charge is 0.229 e. The highest BCUT2D eigenvalue weighted by Gasteiger charge is 2.22. The van der Waals surface area contributed by atoms with Crippen LogP contribution in [0.3, 0.4) is 0 Å². The average molecular weight is 327 g/mol. The first-order chi connectivity index (χ1) is 12.0. The van der Waals surface area contributed by atoms with E-state index in [1.54, 1.807) is 6.07 Å². The van der Waals surface area contributed by atoms with Crippen molar-refractivity contribution in [1.82, 2.24) is 0 Å². The number of aryl methyl sites for hydroxylation is 4. The van der Waals surface area contributed by atoms with Gasteiger partial charge in [-0.25, -0.2) is 9.41 Å². The van der Waals surface area contributed by atoms with E-state index in [-0.39, 0.29) is 0 Å². The zero-order valence-corrected chi connectivity index (χ0v) is 14.8. The molecule has 0 amide bonds. The third kappa shape index (κ3) is 2.22. The molecule has 25 heavy (non-hydrogen) atoms. The molecule has 0 aliphatic carbocycles. The second-order valence-corrected chi connectivity index (χ2v) is 6.64. The Bertz CT molecular complexity index is 1190. The summed E-state index contributed by atoms with van der Waals surface area (Å²) in [5, 5.41) is 2.05. The van der Waals surface area contributed by atoms with E-state index in [0.29, 0.717) is 11.3 Å². The molecule has 4 aromatic rings. The van der Waals surface area contributed by atoms with Gasteiger partial charge in [0.05, 0.1) is 12.1 Å². The molecule has 0 saturated carbocycles. The highest BCUT2D eigenvalue weighted by Crippen LogP contribution is 2.40. The van der Waals surface area contributed by atoms with Gasteiger partial charge in [-0.15, -0.1) is 0 Å². The Morgan fingerprint density at radius 3 is 2.44 bits per heavy atom. The number of rotatable bonds is 1. The molecule has 0 saturated heterocycles. The van der Waals surface area contributed by atoms with Gasteiger partial charge in [-0.3, -0.25) is 0 Å². The van der Waals surface area contributed by atoms with E-state index in [1.807, 2.05) is 12.1 Å². The molecule has 0 spiro atoms. The van der Waals surface area contributed by atoms with Crippen molar-refractivity contribution in [1.29, 1.82) is 0 Å². The summed E-state index contributed by atoms with van der Waals surface area (Å²) >= 11 is 0. The molecule has 2 heterocycles. The van der Waals surface area contributed by atoms with Crippen LogP contribution >= 0.6 is 0 Å². The van der Waals surface area contributed by atoms with Crippen molar-refractivity contribution in [3.63, 3.8) is 0 Å². The van der Waals surface area contributed by atoms with E-state index in [4.69, 9.17) is 11.0 Å². The molecule has 3 nitrogen and oxygen atoms in total. The van der Waals surface area contributed by atoms with E-state index in [1.165, 1.54) is 11.1 Å². The maximum atomic E-state index is 7.41.